The van der Waals surface area contributed by atoms with Gasteiger partial charge in [-0.25, -0.2) is 14.8 Å². The third-order valence-corrected chi connectivity index (χ3v) is 2.97. The van der Waals surface area contributed by atoms with Crippen molar-refractivity contribution in [3.8, 4) is 23.0 Å². The van der Waals surface area contributed by atoms with Crippen LogP contribution >= 0.6 is 0 Å². The molecule has 0 atom stereocenters. The van der Waals surface area contributed by atoms with Gasteiger partial charge in [0.1, 0.15) is 11.1 Å². The summed E-state index contributed by atoms with van der Waals surface area (Å²) in [5.41, 5.74) is -0.311. The molecule has 0 radical (unpaired) electrons. The first-order valence-corrected chi connectivity index (χ1v) is 6.37. The maximum atomic E-state index is 11.9. The lowest BCUT2D eigenvalue weighted by atomic mass is 10.1. The third-order valence-electron chi connectivity index (χ3n) is 2.97. The highest BCUT2D eigenvalue weighted by atomic mass is 16.5. The van der Waals surface area contributed by atoms with E-state index in [4.69, 9.17) is 0 Å². The lowest BCUT2D eigenvalue weighted by Gasteiger charge is -2.11. The highest BCUT2D eigenvalue weighted by Gasteiger charge is 2.23. The summed E-state index contributed by atoms with van der Waals surface area (Å²) in [6.45, 7) is 0. The maximum absolute atomic E-state index is 11.9. The zero-order valence-corrected chi connectivity index (χ0v) is 12.6. The fourth-order valence-electron chi connectivity index (χ4n) is 1.86. The first-order chi connectivity index (χ1) is 10.8. The van der Waals surface area contributed by atoms with Gasteiger partial charge in [-0.05, 0) is 6.07 Å². The van der Waals surface area contributed by atoms with Gasteiger partial charge in [-0.15, -0.1) is 0 Å². The van der Waals surface area contributed by atoms with Gasteiger partial charge in [0.25, 0.3) is 0 Å². The van der Waals surface area contributed by atoms with Gasteiger partial charge in [-0.2, -0.15) is 0 Å². The molecule has 0 saturated heterocycles. The number of phenols is 4. The Morgan fingerprint density at radius 1 is 1.17 bits per heavy atom. The molecule has 2 rings (SSSR count). The summed E-state index contributed by atoms with van der Waals surface area (Å²) in [6, 6.07) is 1.16. The number of carbonyl (C=O) groups is 1. The van der Waals surface area contributed by atoms with Gasteiger partial charge in [0.2, 0.25) is 11.5 Å². The Kier molecular flexibility index (Phi) is 4.12. The quantitative estimate of drug-likeness (QED) is 0.217. The van der Waals surface area contributed by atoms with E-state index in [1.165, 1.54) is 6.34 Å². The van der Waals surface area contributed by atoms with Crippen molar-refractivity contribution in [1.82, 2.24) is 9.88 Å². The molecule has 0 saturated carbocycles. The van der Waals surface area contributed by atoms with Crippen LogP contribution in [0.2, 0.25) is 0 Å². The van der Waals surface area contributed by atoms with Gasteiger partial charge in [0, 0.05) is 14.1 Å². The van der Waals surface area contributed by atoms with Crippen LogP contribution < -0.4 is 0 Å². The van der Waals surface area contributed by atoms with Crippen LogP contribution in [-0.2, 0) is 4.74 Å². The molecule has 1 aromatic heterocycles. The van der Waals surface area contributed by atoms with E-state index in [0.717, 1.165) is 13.2 Å². The molecule has 0 amide bonds. The number of carbonyl (C=O) groups excluding carboxylic acids is 1. The second-order valence-corrected chi connectivity index (χ2v) is 4.85. The van der Waals surface area contributed by atoms with Crippen LogP contribution in [-0.4, -0.2) is 63.8 Å². The summed E-state index contributed by atoms with van der Waals surface area (Å²) in [7, 11) is 4.57. The van der Waals surface area contributed by atoms with Gasteiger partial charge < -0.3 is 30.1 Å². The third kappa shape index (κ3) is 2.76. The van der Waals surface area contributed by atoms with Crippen LogP contribution in [0.25, 0.3) is 10.9 Å². The zero-order chi connectivity index (χ0) is 17.3. The van der Waals surface area contributed by atoms with Crippen molar-refractivity contribution in [2.75, 3.05) is 21.2 Å². The number of nitrogens with zero attached hydrogens (tertiary/aromatic N) is 3. The van der Waals surface area contributed by atoms with Crippen molar-refractivity contribution in [2.45, 2.75) is 0 Å². The van der Waals surface area contributed by atoms with Crippen LogP contribution in [0.3, 0.4) is 0 Å². The van der Waals surface area contributed by atoms with Crippen LogP contribution in [0, 0.1) is 0 Å². The number of ether oxygens (including phenoxy) is 1. The molecule has 4 N–H and O–H groups in total. The summed E-state index contributed by atoms with van der Waals surface area (Å²) in [5.74, 6) is -4.16. The Hall–Kier alpha value is -3.23. The number of aromatic nitrogens is 1. The van der Waals surface area contributed by atoms with Gasteiger partial charge >= 0.3 is 5.97 Å². The smallest absolute Gasteiger partial charge is 0.341 e. The van der Waals surface area contributed by atoms with E-state index in [1.807, 2.05) is 0 Å². The van der Waals surface area contributed by atoms with E-state index in [1.54, 1.807) is 19.0 Å². The predicted octanol–water partition coefficient (Wildman–Crippen LogP) is 1.07. The van der Waals surface area contributed by atoms with Gasteiger partial charge in [0.15, 0.2) is 17.3 Å². The number of benzene rings is 1. The Balaban J connectivity index is 2.86. The summed E-state index contributed by atoms with van der Waals surface area (Å²) in [4.78, 5) is 21.4. The summed E-state index contributed by atoms with van der Waals surface area (Å²) >= 11 is 0. The van der Waals surface area contributed by atoms with E-state index < -0.39 is 29.0 Å². The molecule has 0 spiro atoms. The van der Waals surface area contributed by atoms with Gasteiger partial charge in [-0.1, -0.05) is 0 Å². The van der Waals surface area contributed by atoms with Gasteiger partial charge in [-0.3, -0.25) is 0 Å². The molecule has 0 unspecified atom stereocenters. The molecule has 1 aromatic carbocycles. The van der Waals surface area contributed by atoms with E-state index in [-0.39, 0.29) is 22.3 Å². The lowest BCUT2D eigenvalue weighted by Crippen LogP contribution is -2.08. The van der Waals surface area contributed by atoms with Crippen LogP contribution in [0.4, 0.5) is 5.82 Å². The molecule has 9 heteroatoms. The normalized spacial score (nSPS) is 11.1. The number of rotatable bonds is 3. The van der Waals surface area contributed by atoms with Crippen molar-refractivity contribution < 1.29 is 30.0 Å². The number of esters is 1. The Morgan fingerprint density at radius 2 is 1.78 bits per heavy atom. The molecule has 1 heterocycles. The van der Waals surface area contributed by atoms with Crippen LogP contribution in [0.5, 0.6) is 23.0 Å². The molecule has 9 nitrogen and oxygen atoms in total. The number of aromatic hydroxyl groups is 4. The molecule has 122 valence electrons. The Bertz CT molecular complexity index is 816. The summed E-state index contributed by atoms with van der Waals surface area (Å²) < 4.78 is 4.63. The average molecular weight is 321 g/mol. The minimum Gasteiger partial charge on any atom is -0.504 e. The van der Waals surface area contributed by atoms with Crippen molar-refractivity contribution in [3.63, 3.8) is 0 Å². The van der Waals surface area contributed by atoms with Crippen LogP contribution in [0.15, 0.2) is 11.1 Å². The Labute approximate surface area is 130 Å². The first-order valence-electron chi connectivity index (χ1n) is 6.37. The molecular formula is C14H15N3O6. The highest BCUT2D eigenvalue weighted by Crippen LogP contribution is 2.48. The van der Waals surface area contributed by atoms with Crippen molar-refractivity contribution in [1.29, 1.82) is 0 Å². The number of pyridine rings is 1. The summed E-state index contributed by atoms with van der Waals surface area (Å²) in [6.07, 6.45) is 1.37. The highest BCUT2D eigenvalue weighted by molar-refractivity contribution is 6.03. The number of hydrogen-bond donors (Lipinski definition) is 4. The number of phenolic OH excluding ortho intramolecular Hbond substituents is 4. The van der Waals surface area contributed by atoms with Gasteiger partial charge in [0.05, 0.1) is 18.8 Å². The standard InChI is InChI=1S/C14H15N3O6/c1-17(2)5-15-13-7(14(22)23-3)4-6-8(16-13)10(19)12(21)11(20)9(6)18/h4-5,18-21H,1-3H3/b15-5+. The predicted molar refractivity (Wildman–Crippen MR) is 81.6 cm³/mol. The Morgan fingerprint density at radius 3 is 2.35 bits per heavy atom. The fourth-order valence-corrected chi connectivity index (χ4v) is 1.86. The molecule has 2 aromatic rings. The maximum Gasteiger partial charge on any atom is 0.341 e. The molecule has 0 aliphatic heterocycles. The van der Waals surface area contributed by atoms with E-state index >= 15 is 0 Å². The molecule has 0 aliphatic rings. The van der Waals surface area contributed by atoms with Crippen LogP contribution in [0.1, 0.15) is 10.4 Å². The molecule has 23 heavy (non-hydrogen) atoms. The van der Waals surface area contributed by atoms with Crippen molar-refractivity contribution in [3.05, 3.63) is 11.6 Å². The SMILES string of the molecule is COC(=O)c1cc2c(O)c(O)c(O)c(O)c2nc1/N=C/N(C)C. The molecular weight excluding hydrogens is 306 g/mol. The molecule has 0 fully saturated rings. The van der Waals surface area contributed by atoms with E-state index in [9.17, 15) is 25.2 Å². The number of hydrogen-bond acceptors (Lipinski definition) is 8. The lowest BCUT2D eigenvalue weighted by molar-refractivity contribution is 0.0601. The monoisotopic (exact) mass is 321 g/mol. The molecule has 0 bridgehead atoms. The van der Waals surface area contributed by atoms with Crippen molar-refractivity contribution >= 4 is 29.0 Å². The number of methoxy groups -OCH3 is 1. The largest absolute Gasteiger partial charge is 0.504 e. The summed E-state index contributed by atoms with van der Waals surface area (Å²) in [5, 5.41) is 38.8. The van der Waals surface area contributed by atoms with Crippen molar-refractivity contribution in [2.24, 2.45) is 4.99 Å². The van der Waals surface area contributed by atoms with E-state index in [0.29, 0.717) is 0 Å². The zero-order valence-electron chi connectivity index (χ0n) is 12.6. The minimum atomic E-state index is -0.921. The topological polar surface area (TPSA) is 136 Å². The first kappa shape index (κ1) is 16.1. The number of aliphatic imine (C=N–C) groups is 1. The molecule has 0 aliphatic carbocycles. The average Bonchev–Trinajstić information content (AvgIpc) is 2.54. The van der Waals surface area contributed by atoms with E-state index in [2.05, 4.69) is 14.7 Å². The minimum absolute atomic E-state index is 0.0853. The second kappa shape index (κ2) is 5.87. The second-order valence-electron chi connectivity index (χ2n) is 4.85. The fraction of sp³-hybridized carbons (Fsp3) is 0.214. The number of fused-ring (bicyclic) bond motifs is 1.